The summed E-state index contributed by atoms with van der Waals surface area (Å²) in [5, 5.41) is 0.739. The van der Waals surface area contributed by atoms with Crippen LogP contribution in [0.15, 0.2) is 12.1 Å². The van der Waals surface area contributed by atoms with E-state index in [1.54, 1.807) is 0 Å². The second-order valence-electron chi connectivity index (χ2n) is 4.26. The van der Waals surface area contributed by atoms with Gasteiger partial charge in [-0.15, -0.1) is 0 Å². The number of benzene rings is 1. The zero-order valence-corrected chi connectivity index (χ0v) is 9.19. The monoisotopic (exact) mass is 211 g/mol. The third-order valence-corrected chi connectivity index (χ3v) is 2.66. The minimum Gasteiger partial charge on any atom is -0.493 e. The van der Waals surface area contributed by atoms with E-state index in [0.717, 1.165) is 29.4 Å². The van der Waals surface area contributed by atoms with Crippen molar-refractivity contribution < 1.29 is 4.74 Å². The first-order valence-corrected chi connectivity index (χ1v) is 5.11. The van der Waals surface area contributed by atoms with Crippen molar-refractivity contribution >= 4 is 11.6 Å². The first-order chi connectivity index (χ1) is 6.48. The first-order valence-electron chi connectivity index (χ1n) is 4.73. The Morgan fingerprint density at radius 2 is 2.14 bits per heavy atom. The molecule has 0 spiro atoms. The summed E-state index contributed by atoms with van der Waals surface area (Å²) >= 11 is 6.02. The highest BCUT2D eigenvalue weighted by atomic mass is 35.5. The predicted molar refractivity (Wildman–Crippen MR) is 57.9 cm³/mol. The van der Waals surface area contributed by atoms with E-state index < -0.39 is 5.54 Å². The molecule has 0 saturated heterocycles. The summed E-state index contributed by atoms with van der Waals surface area (Å²) < 4.78 is 5.57. The Balaban J connectivity index is 2.60. The topological polar surface area (TPSA) is 35.2 Å². The van der Waals surface area contributed by atoms with Crippen LogP contribution in [0.3, 0.4) is 0 Å². The molecule has 1 aliphatic rings. The zero-order valence-electron chi connectivity index (χ0n) is 8.43. The summed E-state index contributed by atoms with van der Waals surface area (Å²) in [6.45, 7) is 4.65. The lowest BCUT2D eigenvalue weighted by molar-refractivity contribution is 0.345. The van der Waals surface area contributed by atoms with Gasteiger partial charge in [0.15, 0.2) is 0 Å². The fourth-order valence-corrected chi connectivity index (χ4v) is 1.99. The average Bonchev–Trinajstić information content (AvgIpc) is 2.47. The minimum absolute atomic E-state index is 0.403. The van der Waals surface area contributed by atoms with Crippen molar-refractivity contribution in [2.24, 2.45) is 5.73 Å². The predicted octanol–water partition coefficient (Wildman–Crippen LogP) is 2.47. The molecule has 0 bridgehead atoms. The van der Waals surface area contributed by atoms with Crippen LogP contribution in [0.5, 0.6) is 5.75 Å². The summed E-state index contributed by atoms with van der Waals surface area (Å²) in [6.07, 6.45) is 0.930. The highest BCUT2D eigenvalue weighted by Gasteiger charge is 2.25. The number of rotatable bonds is 1. The minimum atomic E-state index is -0.403. The number of fused-ring (bicyclic) bond motifs is 1. The Morgan fingerprint density at radius 3 is 2.79 bits per heavy atom. The Morgan fingerprint density at radius 1 is 1.43 bits per heavy atom. The van der Waals surface area contributed by atoms with Gasteiger partial charge < -0.3 is 10.5 Å². The van der Waals surface area contributed by atoms with Crippen LogP contribution >= 0.6 is 11.6 Å². The van der Waals surface area contributed by atoms with Gasteiger partial charge in [-0.05, 0) is 31.5 Å². The molecule has 2 N–H and O–H groups in total. The SMILES string of the molecule is CC(C)(N)c1cc(Cl)cc2c1OCC2. The van der Waals surface area contributed by atoms with Crippen LogP contribution in [0, 0.1) is 0 Å². The lowest BCUT2D eigenvalue weighted by Crippen LogP contribution is -2.29. The van der Waals surface area contributed by atoms with Crippen LogP contribution in [0.1, 0.15) is 25.0 Å². The third kappa shape index (κ3) is 1.60. The van der Waals surface area contributed by atoms with Crippen LogP contribution < -0.4 is 10.5 Å². The standard InChI is InChI=1S/C11H14ClNO/c1-11(2,13)9-6-8(12)5-7-3-4-14-10(7)9/h5-6H,3-4,13H2,1-2H3. The van der Waals surface area contributed by atoms with E-state index in [1.165, 1.54) is 5.56 Å². The molecule has 1 aromatic carbocycles. The highest BCUT2D eigenvalue weighted by molar-refractivity contribution is 6.30. The van der Waals surface area contributed by atoms with E-state index in [9.17, 15) is 0 Å². The zero-order chi connectivity index (χ0) is 10.3. The molecule has 1 aliphatic heterocycles. The van der Waals surface area contributed by atoms with Crippen molar-refractivity contribution in [2.45, 2.75) is 25.8 Å². The van der Waals surface area contributed by atoms with E-state index in [-0.39, 0.29) is 0 Å². The molecular formula is C11H14ClNO. The molecular weight excluding hydrogens is 198 g/mol. The van der Waals surface area contributed by atoms with Crippen molar-refractivity contribution in [3.8, 4) is 5.75 Å². The Kier molecular flexibility index (Phi) is 2.20. The maximum Gasteiger partial charge on any atom is 0.127 e. The van der Waals surface area contributed by atoms with Gasteiger partial charge in [0, 0.05) is 22.5 Å². The number of halogens is 1. The van der Waals surface area contributed by atoms with Gasteiger partial charge in [0.25, 0.3) is 0 Å². The molecule has 0 amide bonds. The quantitative estimate of drug-likeness (QED) is 0.775. The van der Waals surface area contributed by atoms with Gasteiger partial charge >= 0.3 is 0 Å². The number of hydrogen-bond acceptors (Lipinski definition) is 2. The van der Waals surface area contributed by atoms with Crippen LogP contribution in [-0.2, 0) is 12.0 Å². The lowest BCUT2D eigenvalue weighted by atomic mass is 9.93. The summed E-state index contributed by atoms with van der Waals surface area (Å²) in [4.78, 5) is 0. The van der Waals surface area contributed by atoms with E-state index >= 15 is 0 Å². The van der Waals surface area contributed by atoms with Crippen molar-refractivity contribution in [2.75, 3.05) is 6.61 Å². The van der Waals surface area contributed by atoms with Crippen LogP contribution in [0.4, 0.5) is 0 Å². The third-order valence-electron chi connectivity index (χ3n) is 2.44. The van der Waals surface area contributed by atoms with Crippen molar-refractivity contribution in [1.82, 2.24) is 0 Å². The summed E-state index contributed by atoms with van der Waals surface area (Å²) in [5.74, 6) is 0.932. The normalized spacial score (nSPS) is 15.1. The number of hydrogen-bond donors (Lipinski definition) is 1. The fraction of sp³-hybridized carbons (Fsp3) is 0.455. The van der Waals surface area contributed by atoms with Gasteiger partial charge in [0.05, 0.1) is 6.61 Å². The molecule has 0 fully saturated rings. The van der Waals surface area contributed by atoms with Crippen molar-refractivity contribution in [3.63, 3.8) is 0 Å². The largest absolute Gasteiger partial charge is 0.493 e. The lowest BCUT2D eigenvalue weighted by Gasteiger charge is -2.22. The number of ether oxygens (including phenoxy) is 1. The molecule has 0 aliphatic carbocycles. The molecule has 14 heavy (non-hydrogen) atoms. The van der Waals surface area contributed by atoms with Crippen LogP contribution in [-0.4, -0.2) is 6.61 Å². The van der Waals surface area contributed by atoms with Crippen molar-refractivity contribution in [3.05, 3.63) is 28.3 Å². The Bertz CT molecular complexity index is 368. The second-order valence-corrected chi connectivity index (χ2v) is 4.70. The highest BCUT2D eigenvalue weighted by Crippen LogP contribution is 2.37. The van der Waals surface area contributed by atoms with E-state index in [4.69, 9.17) is 22.1 Å². The summed E-state index contributed by atoms with van der Waals surface area (Å²) in [6, 6.07) is 3.85. The number of nitrogens with two attached hydrogens (primary N) is 1. The first kappa shape index (κ1) is 9.81. The molecule has 2 nitrogen and oxygen atoms in total. The molecule has 0 saturated carbocycles. The average molecular weight is 212 g/mol. The second kappa shape index (κ2) is 3.14. The van der Waals surface area contributed by atoms with Crippen LogP contribution in [0.2, 0.25) is 5.02 Å². The van der Waals surface area contributed by atoms with E-state index in [0.29, 0.717) is 0 Å². The molecule has 76 valence electrons. The summed E-state index contributed by atoms with van der Waals surface area (Å²) in [7, 11) is 0. The maximum absolute atomic E-state index is 6.06. The maximum atomic E-state index is 6.06. The fourth-order valence-electron chi connectivity index (χ4n) is 1.75. The molecule has 2 rings (SSSR count). The molecule has 0 radical (unpaired) electrons. The molecule has 3 heteroatoms. The Hall–Kier alpha value is -0.730. The van der Waals surface area contributed by atoms with E-state index in [1.807, 2.05) is 26.0 Å². The van der Waals surface area contributed by atoms with Gasteiger partial charge in [0.1, 0.15) is 5.75 Å². The smallest absolute Gasteiger partial charge is 0.127 e. The van der Waals surface area contributed by atoms with Gasteiger partial charge in [-0.3, -0.25) is 0 Å². The van der Waals surface area contributed by atoms with Gasteiger partial charge in [0.2, 0.25) is 0 Å². The molecule has 0 aromatic heterocycles. The van der Waals surface area contributed by atoms with Crippen molar-refractivity contribution in [1.29, 1.82) is 0 Å². The Labute approximate surface area is 89.0 Å². The van der Waals surface area contributed by atoms with Gasteiger partial charge in [-0.2, -0.15) is 0 Å². The molecule has 1 aromatic rings. The molecule has 0 unspecified atom stereocenters. The van der Waals surface area contributed by atoms with Crippen LogP contribution in [0.25, 0.3) is 0 Å². The van der Waals surface area contributed by atoms with Gasteiger partial charge in [-0.25, -0.2) is 0 Å². The summed E-state index contributed by atoms with van der Waals surface area (Å²) in [5.41, 5.74) is 7.83. The van der Waals surface area contributed by atoms with E-state index in [2.05, 4.69) is 0 Å². The van der Waals surface area contributed by atoms with Gasteiger partial charge in [-0.1, -0.05) is 11.6 Å². The molecule has 1 heterocycles. The molecule has 0 atom stereocenters.